The average molecular weight is 259 g/mol. The molecule has 0 amide bonds. The van der Waals surface area contributed by atoms with Crippen LogP contribution >= 0.6 is 0 Å². The fourth-order valence-electron chi connectivity index (χ4n) is 2.79. The minimum atomic E-state index is -0.662. The summed E-state index contributed by atoms with van der Waals surface area (Å²) in [5.41, 5.74) is 2.01. The Bertz CT molecular complexity index is 551. The predicted molar refractivity (Wildman–Crippen MR) is 70.7 cm³/mol. The fourth-order valence-corrected chi connectivity index (χ4v) is 2.79. The van der Waals surface area contributed by atoms with E-state index >= 15 is 0 Å². The second-order valence-electron chi connectivity index (χ2n) is 5.15. The van der Waals surface area contributed by atoms with Crippen molar-refractivity contribution in [3.8, 4) is 11.4 Å². The molecule has 19 heavy (non-hydrogen) atoms. The van der Waals surface area contributed by atoms with Crippen molar-refractivity contribution < 1.29 is 9.90 Å². The van der Waals surface area contributed by atoms with E-state index in [0.29, 0.717) is 5.92 Å². The van der Waals surface area contributed by atoms with Crippen LogP contribution in [0.2, 0.25) is 0 Å². The molecule has 0 radical (unpaired) electrons. The summed E-state index contributed by atoms with van der Waals surface area (Å²) in [6.07, 6.45) is 7.01. The van der Waals surface area contributed by atoms with E-state index in [1.807, 2.05) is 24.5 Å². The summed E-state index contributed by atoms with van der Waals surface area (Å²) in [6.45, 7) is 0. The highest BCUT2D eigenvalue weighted by molar-refractivity contribution is 5.70. The number of nitrogens with zero attached hydrogens (tertiary/aromatic N) is 1. The van der Waals surface area contributed by atoms with E-state index in [9.17, 15) is 4.79 Å². The van der Waals surface area contributed by atoms with Crippen molar-refractivity contribution in [1.29, 1.82) is 0 Å². The van der Waals surface area contributed by atoms with Crippen molar-refractivity contribution in [2.75, 3.05) is 0 Å². The first-order chi connectivity index (χ1) is 9.24. The van der Waals surface area contributed by atoms with Crippen LogP contribution < -0.4 is 0 Å². The van der Waals surface area contributed by atoms with E-state index in [4.69, 9.17) is 5.11 Å². The van der Waals surface area contributed by atoms with Crippen molar-refractivity contribution in [2.45, 2.75) is 31.6 Å². The Morgan fingerprint density at radius 2 is 2.05 bits per heavy atom. The second-order valence-corrected chi connectivity index (χ2v) is 5.15. The van der Waals surface area contributed by atoms with Crippen molar-refractivity contribution in [1.82, 2.24) is 15.0 Å². The van der Waals surface area contributed by atoms with Crippen LogP contribution in [0.4, 0.5) is 0 Å². The number of hydrogen-bond acceptors (Lipinski definition) is 2. The van der Waals surface area contributed by atoms with Gasteiger partial charge in [-0.25, -0.2) is 4.98 Å². The number of nitrogens with one attached hydrogen (secondary N) is 2. The number of aliphatic carboxylic acids is 1. The molecule has 2 heterocycles. The van der Waals surface area contributed by atoms with Gasteiger partial charge in [0.25, 0.3) is 0 Å². The summed E-state index contributed by atoms with van der Waals surface area (Å²) >= 11 is 0. The summed E-state index contributed by atoms with van der Waals surface area (Å²) in [7, 11) is 0. The summed E-state index contributed by atoms with van der Waals surface area (Å²) in [5.74, 6) is 0.506. The highest BCUT2D eigenvalue weighted by Crippen LogP contribution is 2.35. The van der Waals surface area contributed by atoms with Gasteiger partial charge >= 0.3 is 5.97 Å². The first-order valence-corrected chi connectivity index (χ1v) is 6.65. The molecule has 2 aromatic rings. The third kappa shape index (κ3) is 2.41. The molecule has 1 fully saturated rings. The molecule has 2 aromatic heterocycles. The minimum absolute atomic E-state index is 0.172. The molecule has 0 atom stereocenters. The number of aromatic nitrogens is 3. The number of hydrogen-bond donors (Lipinski definition) is 3. The molecule has 1 saturated carbocycles. The third-order valence-electron chi connectivity index (χ3n) is 3.95. The van der Waals surface area contributed by atoms with Crippen LogP contribution in [0, 0.1) is 5.92 Å². The number of aromatic amines is 2. The fraction of sp³-hybridized carbons (Fsp3) is 0.429. The number of carbonyl (C=O) groups is 1. The van der Waals surface area contributed by atoms with E-state index < -0.39 is 5.97 Å². The molecule has 0 saturated heterocycles. The van der Waals surface area contributed by atoms with Crippen molar-refractivity contribution >= 4 is 5.97 Å². The molecule has 0 spiro atoms. The molecule has 3 N–H and O–H groups in total. The zero-order chi connectivity index (χ0) is 13.2. The van der Waals surface area contributed by atoms with E-state index in [0.717, 1.165) is 42.9 Å². The van der Waals surface area contributed by atoms with Gasteiger partial charge in [0, 0.05) is 12.1 Å². The van der Waals surface area contributed by atoms with Crippen LogP contribution in [0.3, 0.4) is 0 Å². The maximum absolute atomic E-state index is 10.9. The molecule has 100 valence electrons. The minimum Gasteiger partial charge on any atom is -0.481 e. The third-order valence-corrected chi connectivity index (χ3v) is 3.95. The van der Waals surface area contributed by atoms with Crippen molar-refractivity contribution in [3.05, 3.63) is 30.4 Å². The first kappa shape index (κ1) is 12.0. The van der Waals surface area contributed by atoms with E-state index in [1.165, 1.54) is 0 Å². The van der Waals surface area contributed by atoms with Crippen LogP contribution in [-0.4, -0.2) is 26.0 Å². The Morgan fingerprint density at radius 1 is 1.26 bits per heavy atom. The highest BCUT2D eigenvalue weighted by atomic mass is 16.4. The molecule has 0 unspecified atom stereocenters. The van der Waals surface area contributed by atoms with E-state index in [-0.39, 0.29) is 5.92 Å². The average Bonchev–Trinajstić information content (AvgIpc) is 3.10. The molecule has 5 heteroatoms. The topological polar surface area (TPSA) is 81.8 Å². The van der Waals surface area contributed by atoms with E-state index in [1.54, 1.807) is 0 Å². The SMILES string of the molecule is O=C(O)C1CCC(c2ncc(-c3ccc[nH]3)[nH]2)CC1. The second kappa shape index (κ2) is 4.91. The Hall–Kier alpha value is -2.04. The molecule has 1 aliphatic rings. The smallest absolute Gasteiger partial charge is 0.306 e. The lowest BCUT2D eigenvalue weighted by molar-refractivity contribution is -0.142. The van der Waals surface area contributed by atoms with Gasteiger partial charge in [-0.1, -0.05) is 0 Å². The van der Waals surface area contributed by atoms with Crippen molar-refractivity contribution in [3.63, 3.8) is 0 Å². The molecular formula is C14H17N3O2. The van der Waals surface area contributed by atoms with Crippen molar-refractivity contribution in [2.24, 2.45) is 5.92 Å². The Kier molecular flexibility index (Phi) is 3.11. The molecule has 0 aliphatic heterocycles. The van der Waals surface area contributed by atoms with Crippen LogP contribution in [0.1, 0.15) is 37.4 Å². The van der Waals surface area contributed by atoms with Gasteiger partial charge in [-0.05, 0) is 37.8 Å². The molecular weight excluding hydrogens is 242 g/mol. The lowest BCUT2D eigenvalue weighted by atomic mass is 9.82. The monoisotopic (exact) mass is 259 g/mol. The van der Waals surface area contributed by atoms with Gasteiger partial charge in [0.1, 0.15) is 5.82 Å². The van der Waals surface area contributed by atoms with Gasteiger partial charge in [-0.15, -0.1) is 0 Å². The zero-order valence-corrected chi connectivity index (χ0v) is 10.6. The first-order valence-electron chi connectivity index (χ1n) is 6.65. The molecule has 5 nitrogen and oxygen atoms in total. The highest BCUT2D eigenvalue weighted by Gasteiger charge is 2.28. The van der Waals surface area contributed by atoms with Crippen LogP contribution in [0.25, 0.3) is 11.4 Å². The standard InChI is InChI=1S/C14H17N3O2/c18-14(19)10-5-3-9(4-6-10)13-16-8-12(17-13)11-2-1-7-15-11/h1-2,7-10,15H,3-6H2,(H,16,17)(H,18,19). The summed E-state index contributed by atoms with van der Waals surface area (Å²) < 4.78 is 0. The van der Waals surface area contributed by atoms with Gasteiger partial charge < -0.3 is 15.1 Å². The largest absolute Gasteiger partial charge is 0.481 e. The van der Waals surface area contributed by atoms with Crippen LogP contribution in [0.5, 0.6) is 0 Å². The summed E-state index contributed by atoms with van der Waals surface area (Å²) in [4.78, 5) is 21.9. The lowest BCUT2D eigenvalue weighted by Gasteiger charge is -2.24. The zero-order valence-electron chi connectivity index (χ0n) is 10.6. The number of carboxylic acids is 1. The van der Waals surface area contributed by atoms with E-state index in [2.05, 4.69) is 15.0 Å². The maximum atomic E-state index is 10.9. The Balaban J connectivity index is 1.69. The van der Waals surface area contributed by atoms with Gasteiger partial charge in [-0.3, -0.25) is 4.79 Å². The number of H-pyrrole nitrogens is 2. The summed E-state index contributed by atoms with van der Waals surface area (Å²) in [6, 6.07) is 3.95. The Morgan fingerprint density at radius 3 is 2.68 bits per heavy atom. The quantitative estimate of drug-likeness (QED) is 0.792. The predicted octanol–water partition coefficient (Wildman–Crippen LogP) is 2.76. The van der Waals surface area contributed by atoms with Gasteiger partial charge in [0.05, 0.1) is 23.5 Å². The van der Waals surface area contributed by atoms with Gasteiger partial charge in [0.15, 0.2) is 0 Å². The molecule has 0 bridgehead atoms. The molecule has 1 aliphatic carbocycles. The molecule has 3 rings (SSSR count). The van der Waals surface area contributed by atoms with Gasteiger partial charge in [-0.2, -0.15) is 0 Å². The maximum Gasteiger partial charge on any atom is 0.306 e. The number of imidazole rings is 1. The lowest BCUT2D eigenvalue weighted by Crippen LogP contribution is -2.21. The number of carboxylic acid groups (broad SMARTS) is 1. The van der Waals surface area contributed by atoms with Crippen LogP contribution in [-0.2, 0) is 4.79 Å². The summed E-state index contributed by atoms with van der Waals surface area (Å²) in [5, 5.41) is 9.00. The van der Waals surface area contributed by atoms with Crippen LogP contribution in [0.15, 0.2) is 24.5 Å². The normalized spacial score (nSPS) is 23.4. The molecule has 0 aromatic carbocycles. The van der Waals surface area contributed by atoms with Gasteiger partial charge in [0.2, 0.25) is 0 Å². The number of rotatable bonds is 3. The Labute approximate surface area is 111 Å².